The maximum Gasteiger partial charge on any atom is 0.335 e. The molecule has 94 valence electrons. The normalized spacial score (nSPS) is 14.1. The molecule has 0 bridgehead atoms. The average molecular weight is 238 g/mol. The van der Waals surface area contributed by atoms with E-state index in [2.05, 4.69) is 0 Å². The van der Waals surface area contributed by atoms with Crippen molar-refractivity contribution in [2.45, 2.75) is 32.8 Å². The van der Waals surface area contributed by atoms with E-state index >= 15 is 0 Å². The number of rotatable bonds is 5. The van der Waals surface area contributed by atoms with Gasteiger partial charge in [-0.15, -0.1) is 0 Å². The van der Waals surface area contributed by atoms with Crippen LogP contribution in [0.15, 0.2) is 18.2 Å². The third kappa shape index (κ3) is 3.75. The zero-order chi connectivity index (χ0) is 13.1. The highest BCUT2D eigenvalue weighted by Crippen LogP contribution is 2.21. The lowest BCUT2D eigenvalue weighted by molar-refractivity contribution is 0.00825. The second-order valence-electron chi connectivity index (χ2n) is 4.42. The number of carbonyl (C=O) groups is 1. The number of aliphatic hydroxyl groups is 1. The van der Waals surface area contributed by atoms with Crippen LogP contribution in [0.2, 0.25) is 0 Å². The number of aryl methyl sites for hydroxylation is 1. The van der Waals surface area contributed by atoms with Gasteiger partial charge in [0.05, 0.1) is 11.2 Å². The van der Waals surface area contributed by atoms with Gasteiger partial charge >= 0.3 is 5.97 Å². The second kappa shape index (κ2) is 5.19. The van der Waals surface area contributed by atoms with Crippen LogP contribution in [0.1, 0.15) is 36.2 Å². The molecule has 1 atom stereocenters. The van der Waals surface area contributed by atoms with Gasteiger partial charge in [-0.2, -0.15) is 0 Å². The van der Waals surface area contributed by atoms with Crippen molar-refractivity contribution >= 4 is 5.97 Å². The van der Waals surface area contributed by atoms with E-state index in [1.165, 1.54) is 6.07 Å². The van der Waals surface area contributed by atoms with Crippen molar-refractivity contribution in [3.8, 4) is 5.75 Å². The fraction of sp³-hybridized carbons (Fsp3) is 0.462. The monoisotopic (exact) mass is 238 g/mol. The van der Waals surface area contributed by atoms with Gasteiger partial charge in [0, 0.05) is 0 Å². The third-order valence-electron chi connectivity index (χ3n) is 2.72. The summed E-state index contributed by atoms with van der Waals surface area (Å²) in [4.78, 5) is 10.7. The molecule has 0 saturated carbocycles. The average Bonchev–Trinajstić information content (AvgIpc) is 2.27. The first-order valence-electron chi connectivity index (χ1n) is 5.55. The zero-order valence-corrected chi connectivity index (χ0v) is 10.4. The van der Waals surface area contributed by atoms with Gasteiger partial charge in [-0.1, -0.05) is 6.92 Å². The molecule has 0 radical (unpaired) electrons. The molecular formula is C13H18O4. The fourth-order valence-corrected chi connectivity index (χ4v) is 1.28. The quantitative estimate of drug-likeness (QED) is 0.825. The van der Waals surface area contributed by atoms with E-state index in [9.17, 15) is 9.90 Å². The fourth-order valence-electron chi connectivity index (χ4n) is 1.28. The minimum atomic E-state index is -0.958. The van der Waals surface area contributed by atoms with Crippen LogP contribution >= 0.6 is 0 Å². The molecule has 0 aliphatic carbocycles. The number of benzene rings is 1. The van der Waals surface area contributed by atoms with Crippen LogP contribution in [0, 0.1) is 6.92 Å². The van der Waals surface area contributed by atoms with E-state index < -0.39 is 11.6 Å². The Morgan fingerprint density at radius 1 is 1.47 bits per heavy atom. The highest BCUT2D eigenvalue weighted by molar-refractivity contribution is 5.88. The highest BCUT2D eigenvalue weighted by atomic mass is 16.5. The Kier molecular flexibility index (Phi) is 4.12. The smallest absolute Gasteiger partial charge is 0.335 e. The molecule has 1 unspecified atom stereocenters. The van der Waals surface area contributed by atoms with Gasteiger partial charge in [0.15, 0.2) is 0 Å². The molecular weight excluding hydrogens is 220 g/mol. The summed E-state index contributed by atoms with van der Waals surface area (Å²) in [5, 5.41) is 18.6. The number of hydrogen-bond acceptors (Lipinski definition) is 3. The predicted octanol–water partition coefficient (Wildman–Crippen LogP) is 2.23. The van der Waals surface area contributed by atoms with Crippen molar-refractivity contribution in [1.29, 1.82) is 0 Å². The molecule has 1 aromatic rings. The molecule has 0 spiro atoms. The standard InChI is InChI=1S/C13H18O4/c1-4-13(3,16)8-17-11-6-5-10(12(14)15)7-9(11)2/h5-7,16H,4,8H2,1-3H3,(H,14,15). The number of carboxylic acid groups (broad SMARTS) is 1. The van der Waals surface area contributed by atoms with Crippen LogP contribution in [-0.2, 0) is 0 Å². The summed E-state index contributed by atoms with van der Waals surface area (Å²) >= 11 is 0. The van der Waals surface area contributed by atoms with Crippen LogP contribution in [0.5, 0.6) is 5.75 Å². The van der Waals surface area contributed by atoms with Gasteiger partial charge in [0.25, 0.3) is 0 Å². The molecule has 0 aliphatic rings. The second-order valence-corrected chi connectivity index (χ2v) is 4.42. The Morgan fingerprint density at radius 3 is 2.59 bits per heavy atom. The lowest BCUT2D eigenvalue weighted by Gasteiger charge is -2.22. The van der Waals surface area contributed by atoms with Crippen molar-refractivity contribution in [2.75, 3.05) is 6.61 Å². The van der Waals surface area contributed by atoms with E-state index in [-0.39, 0.29) is 12.2 Å². The Morgan fingerprint density at radius 2 is 2.12 bits per heavy atom. The summed E-state index contributed by atoms with van der Waals surface area (Å²) < 4.78 is 5.48. The molecule has 17 heavy (non-hydrogen) atoms. The van der Waals surface area contributed by atoms with Crippen LogP contribution < -0.4 is 4.74 Å². The van der Waals surface area contributed by atoms with E-state index in [1.54, 1.807) is 26.0 Å². The zero-order valence-electron chi connectivity index (χ0n) is 10.4. The van der Waals surface area contributed by atoms with Gasteiger partial charge in [-0.25, -0.2) is 4.79 Å². The molecule has 0 amide bonds. The molecule has 4 nitrogen and oxygen atoms in total. The van der Waals surface area contributed by atoms with Crippen LogP contribution in [0.25, 0.3) is 0 Å². The Balaban J connectivity index is 2.77. The maximum absolute atomic E-state index is 10.7. The van der Waals surface area contributed by atoms with Crippen molar-refractivity contribution in [3.05, 3.63) is 29.3 Å². The molecule has 0 aromatic heterocycles. The number of carboxylic acids is 1. The van der Waals surface area contributed by atoms with Crippen molar-refractivity contribution in [1.82, 2.24) is 0 Å². The van der Waals surface area contributed by atoms with Gasteiger partial charge in [0.1, 0.15) is 12.4 Å². The van der Waals surface area contributed by atoms with Gasteiger partial charge in [0.2, 0.25) is 0 Å². The molecule has 4 heteroatoms. The number of aromatic carboxylic acids is 1. The van der Waals surface area contributed by atoms with Gasteiger partial charge < -0.3 is 14.9 Å². The summed E-state index contributed by atoms with van der Waals surface area (Å²) in [6, 6.07) is 4.66. The maximum atomic E-state index is 10.7. The SMILES string of the molecule is CCC(C)(O)COc1ccc(C(=O)O)cc1C. The number of hydrogen-bond donors (Lipinski definition) is 2. The summed E-state index contributed by atoms with van der Waals surface area (Å²) in [5.41, 5.74) is 0.117. The van der Waals surface area contributed by atoms with Crippen molar-refractivity contribution < 1.29 is 19.7 Å². The number of ether oxygens (including phenoxy) is 1. The Hall–Kier alpha value is -1.55. The first kappa shape index (κ1) is 13.5. The topological polar surface area (TPSA) is 66.8 Å². The first-order valence-corrected chi connectivity index (χ1v) is 5.55. The molecule has 0 fully saturated rings. The van der Waals surface area contributed by atoms with Gasteiger partial charge in [-0.3, -0.25) is 0 Å². The molecule has 0 heterocycles. The lowest BCUT2D eigenvalue weighted by atomic mass is 10.1. The Labute approximate surface area is 101 Å². The molecule has 0 saturated heterocycles. The van der Waals surface area contributed by atoms with Crippen molar-refractivity contribution in [2.24, 2.45) is 0 Å². The molecule has 1 rings (SSSR count). The largest absolute Gasteiger partial charge is 0.490 e. The summed E-state index contributed by atoms with van der Waals surface area (Å²) in [5.74, 6) is -0.357. The lowest BCUT2D eigenvalue weighted by Crippen LogP contribution is -2.31. The van der Waals surface area contributed by atoms with E-state index in [1.807, 2.05) is 6.92 Å². The van der Waals surface area contributed by atoms with E-state index in [0.717, 1.165) is 5.56 Å². The van der Waals surface area contributed by atoms with Gasteiger partial charge in [-0.05, 0) is 44.0 Å². The first-order chi connectivity index (χ1) is 7.85. The van der Waals surface area contributed by atoms with E-state index in [4.69, 9.17) is 9.84 Å². The summed E-state index contributed by atoms with van der Waals surface area (Å²) in [6.07, 6.45) is 0.596. The summed E-state index contributed by atoms with van der Waals surface area (Å²) in [6.45, 7) is 5.55. The molecule has 0 aliphatic heterocycles. The van der Waals surface area contributed by atoms with Crippen molar-refractivity contribution in [3.63, 3.8) is 0 Å². The highest BCUT2D eigenvalue weighted by Gasteiger charge is 2.19. The predicted molar refractivity (Wildman–Crippen MR) is 64.5 cm³/mol. The molecule has 2 N–H and O–H groups in total. The molecule has 1 aromatic carbocycles. The van der Waals surface area contributed by atoms with Crippen LogP contribution in [0.3, 0.4) is 0 Å². The summed E-state index contributed by atoms with van der Waals surface area (Å²) in [7, 11) is 0. The van der Waals surface area contributed by atoms with E-state index in [0.29, 0.717) is 12.2 Å². The minimum Gasteiger partial charge on any atom is -0.490 e. The minimum absolute atomic E-state index is 0.191. The van der Waals surface area contributed by atoms with Crippen LogP contribution in [0.4, 0.5) is 0 Å². The third-order valence-corrected chi connectivity index (χ3v) is 2.72. The Bertz CT molecular complexity index is 410. The van der Waals surface area contributed by atoms with Crippen LogP contribution in [-0.4, -0.2) is 28.4 Å².